The third-order valence-electron chi connectivity index (χ3n) is 5.36. The Bertz CT molecular complexity index is 732. The number of amides is 2. The molecule has 2 amide bonds. The summed E-state index contributed by atoms with van der Waals surface area (Å²) in [6, 6.07) is 4.09. The maximum Gasteiger partial charge on any atom is 0.273 e. The molecule has 166 valence electrons. The van der Waals surface area contributed by atoms with E-state index in [2.05, 4.69) is 22.5 Å². The smallest absolute Gasteiger partial charge is 0.273 e. The standard InChI is InChI=1S/C21H32N4O5/c1-3-4-5-11-22-21(27)16-8-12-24(13-9-16)14-10-20(26)23-18-7-6-17(25(28)29)15-19(18)30-2/h6-7,15-16H,3-5,8-14H2,1-2H3,(H,22,27)(H,23,26). The normalized spacial score (nSPS) is 14.9. The van der Waals surface area contributed by atoms with Crippen molar-refractivity contribution in [1.82, 2.24) is 10.2 Å². The zero-order valence-corrected chi connectivity index (χ0v) is 17.8. The van der Waals surface area contributed by atoms with Crippen LogP contribution in [0, 0.1) is 16.0 Å². The molecule has 0 unspecified atom stereocenters. The number of carbonyl (C=O) groups excluding carboxylic acids is 2. The van der Waals surface area contributed by atoms with E-state index in [0.717, 1.165) is 51.7 Å². The number of benzene rings is 1. The second-order valence-corrected chi connectivity index (χ2v) is 7.55. The van der Waals surface area contributed by atoms with Crippen LogP contribution in [0.2, 0.25) is 0 Å². The van der Waals surface area contributed by atoms with E-state index >= 15 is 0 Å². The van der Waals surface area contributed by atoms with E-state index in [1.54, 1.807) is 0 Å². The molecule has 30 heavy (non-hydrogen) atoms. The lowest BCUT2D eigenvalue weighted by molar-refractivity contribution is -0.384. The van der Waals surface area contributed by atoms with Gasteiger partial charge in [0.15, 0.2) is 0 Å². The number of carbonyl (C=O) groups is 2. The zero-order valence-electron chi connectivity index (χ0n) is 17.8. The number of nitrogens with zero attached hydrogens (tertiary/aromatic N) is 2. The maximum absolute atomic E-state index is 12.3. The summed E-state index contributed by atoms with van der Waals surface area (Å²) in [5.74, 6) is 0.274. The lowest BCUT2D eigenvalue weighted by Gasteiger charge is -2.31. The molecule has 0 bridgehead atoms. The van der Waals surface area contributed by atoms with E-state index in [1.807, 2.05) is 0 Å². The lowest BCUT2D eigenvalue weighted by Crippen LogP contribution is -2.41. The van der Waals surface area contributed by atoms with Crippen LogP contribution < -0.4 is 15.4 Å². The van der Waals surface area contributed by atoms with Crippen LogP contribution in [0.3, 0.4) is 0 Å². The minimum atomic E-state index is -0.511. The van der Waals surface area contributed by atoms with Gasteiger partial charge >= 0.3 is 0 Å². The van der Waals surface area contributed by atoms with Gasteiger partial charge in [0.2, 0.25) is 11.8 Å². The SMILES string of the molecule is CCCCCNC(=O)C1CCN(CCC(=O)Nc2ccc([N+](=O)[O-])cc2OC)CC1. The van der Waals surface area contributed by atoms with Crippen molar-refractivity contribution in [2.45, 2.75) is 45.4 Å². The summed E-state index contributed by atoms with van der Waals surface area (Å²) < 4.78 is 5.14. The van der Waals surface area contributed by atoms with E-state index in [-0.39, 0.29) is 29.2 Å². The molecule has 1 aromatic rings. The topological polar surface area (TPSA) is 114 Å². The molecule has 2 N–H and O–H groups in total. The highest BCUT2D eigenvalue weighted by Crippen LogP contribution is 2.29. The quantitative estimate of drug-likeness (QED) is 0.323. The van der Waals surface area contributed by atoms with Gasteiger partial charge in [-0.3, -0.25) is 19.7 Å². The van der Waals surface area contributed by atoms with Crippen molar-refractivity contribution in [2.24, 2.45) is 5.92 Å². The monoisotopic (exact) mass is 420 g/mol. The van der Waals surface area contributed by atoms with E-state index in [9.17, 15) is 19.7 Å². The molecule has 0 spiro atoms. The molecule has 0 atom stereocenters. The maximum atomic E-state index is 12.3. The zero-order chi connectivity index (χ0) is 21.9. The number of non-ortho nitro benzene ring substituents is 1. The molecule has 0 aromatic heterocycles. The Kier molecular flexibility index (Phi) is 9.53. The van der Waals surface area contributed by atoms with Crippen LogP contribution in [-0.2, 0) is 9.59 Å². The number of nitrogens with one attached hydrogen (secondary N) is 2. The number of ether oxygens (including phenoxy) is 1. The van der Waals surface area contributed by atoms with Crippen molar-refractivity contribution in [1.29, 1.82) is 0 Å². The lowest BCUT2D eigenvalue weighted by atomic mass is 9.95. The fourth-order valence-corrected chi connectivity index (χ4v) is 3.52. The third-order valence-corrected chi connectivity index (χ3v) is 5.36. The number of anilines is 1. The summed E-state index contributed by atoms with van der Waals surface area (Å²) >= 11 is 0. The largest absolute Gasteiger partial charge is 0.494 e. The van der Waals surface area contributed by atoms with Gasteiger partial charge in [-0.15, -0.1) is 0 Å². The molecule has 0 saturated carbocycles. The summed E-state index contributed by atoms with van der Waals surface area (Å²) in [5.41, 5.74) is 0.314. The van der Waals surface area contributed by atoms with Gasteiger partial charge < -0.3 is 20.3 Å². The number of unbranched alkanes of at least 4 members (excludes halogenated alkanes) is 2. The Morgan fingerprint density at radius 3 is 2.63 bits per heavy atom. The predicted molar refractivity (Wildman–Crippen MR) is 115 cm³/mol. The van der Waals surface area contributed by atoms with Gasteiger partial charge in [0.1, 0.15) is 5.75 Å². The van der Waals surface area contributed by atoms with E-state index in [0.29, 0.717) is 18.7 Å². The van der Waals surface area contributed by atoms with Crippen molar-refractivity contribution in [3.8, 4) is 5.75 Å². The molecular weight excluding hydrogens is 388 g/mol. The van der Waals surface area contributed by atoms with Crippen molar-refractivity contribution >= 4 is 23.2 Å². The minimum absolute atomic E-state index is 0.0565. The molecule has 1 fully saturated rings. The van der Waals surface area contributed by atoms with Crippen molar-refractivity contribution in [2.75, 3.05) is 38.6 Å². The number of hydrogen-bond acceptors (Lipinski definition) is 6. The average Bonchev–Trinajstić information content (AvgIpc) is 2.75. The average molecular weight is 421 g/mol. The molecule has 1 aliphatic heterocycles. The first-order chi connectivity index (χ1) is 14.4. The molecular formula is C21H32N4O5. The number of likely N-dealkylation sites (tertiary alicyclic amines) is 1. The summed E-state index contributed by atoms with van der Waals surface area (Å²) in [6.07, 6.45) is 5.20. The summed E-state index contributed by atoms with van der Waals surface area (Å²) in [4.78, 5) is 37.0. The Morgan fingerprint density at radius 2 is 2.00 bits per heavy atom. The molecule has 1 aliphatic rings. The van der Waals surface area contributed by atoms with Gasteiger partial charge in [0.05, 0.1) is 23.8 Å². The van der Waals surface area contributed by atoms with Crippen molar-refractivity contribution < 1.29 is 19.2 Å². The molecule has 1 heterocycles. The number of nitro groups is 1. The van der Waals surface area contributed by atoms with Crippen LogP contribution in [0.1, 0.15) is 45.4 Å². The molecule has 9 heteroatoms. The summed E-state index contributed by atoms with van der Waals surface area (Å²) in [7, 11) is 1.40. The highest BCUT2D eigenvalue weighted by molar-refractivity contribution is 5.92. The van der Waals surface area contributed by atoms with E-state index in [4.69, 9.17) is 4.74 Å². The first kappa shape index (κ1) is 23.6. The number of hydrogen-bond donors (Lipinski definition) is 2. The fraction of sp³-hybridized carbons (Fsp3) is 0.619. The van der Waals surface area contributed by atoms with Crippen LogP contribution >= 0.6 is 0 Å². The second-order valence-electron chi connectivity index (χ2n) is 7.55. The highest BCUT2D eigenvalue weighted by atomic mass is 16.6. The first-order valence-electron chi connectivity index (χ1n) is 10.6. The van der Waals surface area contributed by atoms with Crippen LogP contribution in [0.15, 0.2) is 18.2 Å². The van der Waals surface area contributed by atoms with Crippen molar-refractivity contribution in [3.63, 3.8) is 0 Å². The number of nitro benzene ring substituents is 1. The predicted octanol–water partition coefficient (Wildman–Crippen LogP) is 2.95. The van der Waals surface area contributed by atoms with Gasteiger partial charge in [-0.25, -0.2) is 0 Å². The molecule has 1 aromatic carbocycles. The van der Waals surface area contributed by atoms with Gasteiger partial charge in [-0.1, -0.05) is 19.8 Å². The molecule has 9 nitrogen and oxygen atoms in total. The van der Waals surface area contributed by atoms with Crippen LogP contribution in [0.5, 0.6) is 5.75 Å². The van der Waals surface area contributed by atoms with Gasteiger partial charge in [0.25, 0.3) is 5.69 Å². The van der Waals surface area contributed by atoms with Crippen LogP contribution in [0.25, 0.3) is 0 Å². The molecule has 0 aliphatic carbocycles. The minimum Gasteiger partial charge on any atom is -0.494 e. The Hall–Kier alpha value is -2.68. The first-order valence-corrected chi connectivity index (χ1v) is 10.6. The second kappa shape index (κ2) is 12.1. The Balaban J connectivity index is 1.72. The van der Waals surface area contributed by atoms with E-state index < -0.39 is 4.92 Å². The van der Waals surface area contributed by atoms with Crippen LogP contribution in [0.4, 0.5) is 11.4 Å². The number of methoxy groups -OCH3 is 1. The molecule has 2 rings (SSSR count). The van der Waals surface area contributed by atoms with Crippen LogP contribution in [-0.4, -0.2) is 54.9 Å². The highest BCUT2D eigenvalue weighted by Gasteiger charge is 2.25. The fourth-order valence-electron chi connectivity index (χ4n) is 3.52. The van der Waals surface area contributed by atoms with Gasteiger partial charge in [-0.2, -0.15) is 0 Å². The molecule has 0 radical (unpaired) electrons. The molecule has 1 saturated heterocycles. The van der Waals surface area contributed by atoms with Gasteiger partial charge in [0, 0.05) is 31.5 Å². The van der Waals surface area contributed by atoms with Crippen molar-refractivity contribution in [3.05, 3.63) is 28.3 Å². The summed E-state index contributed by atoms with van der Waals surface area (Å²) in [5, 5.41) is 16.6. The van der Waals surface area contributed by atoms with E-state index in [1.165, 1.54) is 25.3 Å². The Labute approximate surface area is 177 Å². The number of piperidine rings is 1. The third kappa shape index (κ3) is 7.29. The number of rotatable bonds is 11. The summed E-state index contributed by atoms with van der Waals surface area (Å²) in [6.45, 7) is 5.08. The van der Waals surface area contributed by atoms with Gasteiger partial charge in [-0.05, 0) is 38.4 Å². The Morgan fingerprint density at radius 1 is 1.27 bits per heavy atom.